The zero-order valence-corrected chi connectivity index (χ0v) is 20.4. The maximum Gasteiger partial charge on any atom is 0.374 e. The number of ether oxygens (including phenoxy) is 4. The van der Waals surface area contributed by atoms with Crippen molar-refractivity contribution in [3.63, 3.8) is 0 Å². The number of rotatable bonds is 11. The lowest BCUT2D eigenvalue weighted by atomic mass is 10.1. The van der Waals surface area contributed by atoms with Crippen LogP contribution in [0.2, 0.25) is 0 Å². The minimum atomic E-state index is -1.23. The molecule has 2 fully saturated rings. The summed E-state index contributed by atoms with van der Waals surface area (Å²) in [5.41, 5.74) is 1.26. The van der Waals surface area contributed by atoms with Gasteiger partial charge in [-0.05, 0) is 25.4 Å². The molecular weight excluding hydrogens is 472 g/mol. The van der Waals surface area contributed by atoms with E-state index in [1.54, 1.807) is 6.33 Å². The second-order valence-electron chi connectivity index (χ2n) is 9.31. The Balaban J connectivity index is 1.33. The summed E-state index contributed by atoms with van der Waals surface area (Å²) in [5.74, 6) is -1.64. The number of nitrogens with zero attached hydrogens (tertiary/aromatic N) is 5. The molecule has 36 heavy (non-hydrogen) atoms. The van der Waals surface area contributed by atoms with E-state index in [1.165, 1.54) is 25.2 Å². The van der Waals surface area contributed by atoms with Gasteiger partial charge in [0.25, 0.3) is 5.88 Å². The number of hydrogen-bond donors (Lipinski definition) is 2. The van der Waals surface area contributed by atoms with Crippen LogP contribution in [0.3, 0.4) is 0 Å². The molecule has 0 saturated carbocycles. The number of nitrogens with one attached hydrogen (secondary N) is 1. The largest absolute Gasteiger partial charge is 0.475 e. The molecule has 0 spiro atoms. The molecule has 2 aliphatic heterocycles. The maximum atomic E-state index is 11.0. The molecule has 13 nitrogen and oxygen atoms in total. The lowest BCUT2D eigenvalue weighted by molar-refractivity contribution is -0.199. The van der Waals surface area contributed by atoms with Gasteiger partial charge < -0.3 is 33.9 Å². The number of unbranched alkanes of at least 4 members (excludes halogenated alkanes) is 3. The zero-order valence-electron chi connectivity index (χ0n) is 20.4. The van der Waals surface area contributed by atoms with Crippen molar-refractivity contribution >= 4 is 23.0 Å². The number of hydrogen-bond acceptors (Lipinski definition) is 11. The van der Waals surface area contributed by atoms with E-state index in [1.807, 2.05) is 18.4 Å². The van der Waals surface area contributed by atoms with Gasteiger partial charge >= 0.3 is 5.97 Å². The minimum absolute atomic E-state index is 0.0460. The average molecular weight is 503 g/mol. The van der Waals surface area contributed by atoms with E-state index >= 15 is 0 Å². The highest BCUT2D eigenvalue weighted by Crippen LogP contribution is 2.44. The summed E-state index contributed by atoms with van der Waals surface area (Å²) in [4.78, 5) is 24.4. The molecule has 4 unspecified atom stereocenters. The van der Waals surface area contributed by atoms with Crippen LogP contribution in [0.4, 0.5) is 5.82 Å². The lowest BCUT2D eigenvalue weighted by Gasteiger charge is -2.24. The van der Waals surface area contributed by atoms with Crippen molar-refractivity contribution in [1.29, 1.82) is 0 Å². The van der Waals surface area contributed by atoms with Gasteiger partial charge in [-0.3, -0.25) is 4.57 Å². The smallest absolute Gasteiger partial charge is 0.374 e. The standard InChI is InChI=1S/C23H30N6O7/c1-4-5-6-7-8-24-19-16-20(26-11-25-19)29(12-27-16)21-18-17(34-23(2,3)35-18)14(33-21)10-32-15-9-13(22(30)31)36-28-15/h9,11-12,14,17-18,21H,4-8,10H2,1-3H3,(H,30,31)(H,24,25,26). The van der Waals surface area contributed by atoms with Crippen molar-refractivity contribution in [3.8, 4) is 5.88 Å². The summed E-state index contributed by atoms with van der Waals surface area (Å²) < 4.78 is 30.8. The number of aromatic carboxylic acids is 1. The van der Waals surface area contributed by atoms with Gasteiger partial charge in [0, 0.05) is 6.54 Å². The van der Waals surface area contributed by atoms with Crippen molar-refractivity contribution < 1.29 is 33.4 Å². The normalized spacial score (nSPS) is 24.8. The van der Waals surface area contributed by atoms with Crippen LogP contribution >= 0.6 is 0 Å². The fraction of sp³-hybridized carbons (Fsp3) is 0.609. The van der Waals surface area contributed by atoms with E-state index in [0.29, 0.717) is 17.0 Å². The van der Waals surface area contributed by atoms with Gasteiger partial charge in [-0.1, -0.05) is 26.2 Å². The highest BCUT2D eigenvalue weighted by Gasteiger charge is 2.56. The number of carbonyl (C=O) groups is 1. The summed E-state index contributed by atoms with van der Waals surface area (Å²) in [5, 5.41) is 16.0. The summed E-state index contributed by atoms with van der Waals surface area (Å²) >= 11 is 0. The molecule has 3 aromatic heterocycles. The first kappa shape index (κ1) is 24.4. The Labute approximate surface area is 207 Å². The van der Waals surface area contributed by atoms with Crippen molar-refractivity contribution in [1.82, 2.24) is 24.7 Å². The quantitative estimate of drug-likeness (QED) is 0.370. The predicted molar refractivity (Wildman–Crippen MR) is 125 cm³/mol. The molecule has 5 heterocycles. The van der Waals surface area contributed by atoms with Crippen LogP contribution in [0.15, 0.2) is 23.2 Å². The Kier molecular flexibility index (Phi) is 6.77. The van der Waals surface area contributed by atoms with Crippen LogP contribution in [0.25, 0.3) is 11.2 Å². The number of imidazole rings is 1. The number of aromatic nitrogens is 5. The highest BCUT2D eigenvalue weighted by atomic mass is 16.8. The molecule has 0 radical (unpaired) electrons. The van der Waals surface area contributed by atoms with Crippen molar-refractivity contribution in [2.45, 2.75) is 76.8 Å². The van der Waals surface area contributed by atoms with Crippen molar-refractivity contribution in [3.05, 3.63) is 24.5 Å². The van der Waals surface area contributed by atoms with Crippen LogP contribution in [-0.4, -0.2) is 73.0 Å². The van der Waals surface area contributed by atoms with Gasteiger partial charge in [0.2, 0.25) is 5.76 Å². The molecule has 4 atom stereocenters. The third kappa shape index (κ3) is 4.86. The van der Waals surface area contributed by atoms with Crippen LogP contribution in [-0.2, 0) is 14.2 Å². The Bertz CT molecular complexity index is 1210. The molecule has 0 amide bonds. The van der Waals surface area contributed by atoms with Gasteiger partial charge in [0.05, 0.1) is 12.4 Å². The Morgan fingerprint density at radius 1 is 1.19 bits per heavy atom. The van der Waals surface area contributed by atoms with E-state index in [4.69, 9.17) is 28.6 Å². The number of fused-ring (bicyclic) bond motifs is 2. The first-order valence-electron chi connectivity index (χ1n) is 12.1. The van der Waals surface area contributed by atoms with Crippen molar-refractivity contribution in [2.24, 2.45) is 0 Å². The van der Waals surface area contributed by atoms with Crippen LogP contribution in [0.5, 0.6) is 5.88 Å². The monoisotopic (exact) mass is 502 g/mol. The Hall–Kier alpha value is -3.29. The molecule has 0 bridgehead atoms. The van der Waals surface area contributed by atoms with Crippen LogP contribution < -0.4 is 10.1 Å². The third-order valence-electron chi connectivity index (χ3n) is 6.18. The molecule has 0 aliphatic carbocycles. The molecule has 2 saturated heterocycles. The molecule has 194 valence electrons. The molecule has 13 heteroatoms. The molecule has 0 aromatic carbocycles. The first-order chi connectivity index (χ1) is 17.4. The molecule has 2 N–H and O–H groups in total. The zero-order chi connectivity index (χ0) is 25.3. The fourth-order valence-corrected chi connectivity index (χ4v) is 4.54. The van der Waals surface area contributed by atoms with Gasteiger partial charge in [-0.2, -0.15) is 0 Å². The van der Waals surface area contributed by atoms with E-state index in [2.05, 4.69) is 32.3 Å². The van der Waals surface area contributed by atoms with E-state index in [9.17, 15) is 4.79 Å². The molecule has 2 aliphatic rings. The Morgan fingerprint density at radius 2 is 2.03 bits per heavy atom. The third-order valence-corrected chi connectivity index (χ3v) is 6.18. The Morgan fingerprint density at radius 3 is 2.81 bits per heavy atom. The predicted octanol–water partition coefficient (Wildman–Crippen LogP) is 3.00. The van der Waals surface area contributed by atoms with Gasteiger partial charge in [0.15, 0.2) is 29.0 Å². The minimum Gasteiger partial charge on any atom is -0.475 e. The number of anilines is 1. The SMILES string of the molecule is CCCCCCNc1ncnc2c1ncn2C1OC(COc2cc(C(=O)O)on2)C2OC(C)(C)OC21. The van der Waals surface area contributed by atoms with Crippen LogP contribution in [0.1, 0.15) is 63.2 Å². The van der Waals surface area contributed by atoms with E-state index in [-0.39, 0.29) is 18.2 Å². The second-order valence-corrected chi connectivity index (χ2v) is 9.31. The van der Waals surface area contributed by atoms with Gasteiger partial charge in [-0.25, -0.2) is 19.7 Å². The first-order valence-corrected chi connectivity index (χ1v) is 12.1. The summed E-state index contributed by atoms with van der Waals surface area (Å²) in [6, 6.07) is 1.21. The summed E-state index contributed by atoms with van der Waals surface area (Å²) in [7, 11) is 0. The number of carboxylic acids is 1. The lowest BCUT2D eigenvalue weighted by Crippen LogP contribution is -2.34. The number of carboxylic acid groups (broad SMARTS) is 1. The maximum absolute atomic E-state index is 11.0. The van der Waals surface area contributed by atoms with Crippen molar-refractivity contribution in [2.75, 3.05) is 18.5 Å². The summed E-state index contributed by atoms with van der Waals surface area (Å²) in [6.07, 6.45) is 5.78. The topological polar surface area (TPSA) is 156 Å². The fourth-order valence-electron chi connectivity index (χ4n) is 4.54. The molecule has 3 aromatic rings. The molecule has 5 rings (SSSR count). The van der Waals surface area contributed by atoms with E-state index in [0.717, 1.165) is 19.4 Å². The second kappa shape index (κ2) is 9.99. The van der Waals surface area contributed by atoms with Gasteiger partial charge in [0.1, 0.15) is 31.2 Å². The summed E-state index contributed by atoms with van der Waals surface area (Å²) in [6.45, 7) is 6.72. The highest BCUT2D eigenvalue weighted by molar-refractivity contribution is 5.84. The average Bonchev–Trinajstić information content (AvgIpc) is 3.60. The van der Waals surface area contributed by atoms with Crippen LogP contribution in [0, 0.1) is 0 Å². The van der Waals surface area contributed by atoms with E-state index < -0.39 is 36.3 Å². The van der Waals surface area contributed by atoms with Gasteiger partial charge in [-0.15, -0.1) is 0 Å². The molecular formula is C23H30N6O7.